The molecule has 0 amide bonds. The molecule has 0 unspecified atom stereocenters. The van der Waals surface area contributed by atoms with Gasteiger partial charge in [0.15, 0.2) is 0 Å². The van der Waals surface area contributed by atoms with Crippen LogP contribution in [0.25, 0.3) is 0 Å². The minimum atomic E-state index is -0.446. The predicted octanol–water partition coefficient (Wildman–Crippen LogP) is 4.79. The Balaban J connectivity index is 1.90. The number of rotatable bonds is 16. The molecule has 0 heterocycles. The fourth-order valence-corrected chi connectivity index (χ4v) is 8.29. The van der Waals surface area contributed by atoms with E-state index in [0.29, 0.717) is 25.7 Å². The number of carbonyl (C=O) groups is 4. The van der Waals surface area contributed by atoms with Crippen molar-refractivity contribution in [2.75, 3.05) is 26.4 Å². The van der Waals surface area contributed by atoms with Crippen LogP contribution in [0.1, 0.15) is 64.2 Å². The molecule has 38 heavy (non-hydrogen) atoms. The zero-order valence-electron chi connectivity index (χ0n) is 22.3. The van der Waals surface area contributed by atoms with Gasteiger partial charge < -0.3 is 18.9 Å². The minimum absolute atomic E-state index is 0.108. The zero-order chi connectivity index (χ0) is 27.9. The molecule has 4 fully saturated rings. The molecule has 8 nitrogen and oxygen atoms in total. The SMILES string of the molecule is C=CC(=O)OCCC12CC3(CCOC(=O)C=C)CC(CCOC(=O)C=C)(C1)CC(CCOC(=O)C=C)(C2)C3. The van der Waals surface area contributed by atoms with E-state index in [1.54, 1.807) is 0 Å². The largest absolute Gasteiger partial charge is 0.463 e. The van der Waals surface area contributed by atoms with Crippen molar-refractivity contribution < 1.29 is 38.1 Å². The van der Waals surface area contributed by atoms with Gasteiger partial charge in [-0.05, 0) is 85.9 Å². The van der Waals surface area contributed by atoms with Gasteiger partial charge in [-0.2, -0.15) is 0 Å². The number of ether oxygens (including phenoxy) is 4. The summed E-state index contributed by atoms with van der Waals surface area (Å²) in [7, 11) is 0. The first kappa shape index (κ1) is 29.4. The topological polar surface area (TPSA) is 105 Å². The zero-order valence-corrected chi connectivity index (χ0v) is 22.3. The van der Waals surface area contributed by atoms with E-state index in [9.17, 15) is 19.2 Å². The summed E-state index contributed by atoms with van der Waals surface area (Å²) in [5.41, 5.74) is -0.430. The van der Waals surface area contributed by atoms with Crippen molar-refractivity contribution >= 4 is 23.9 Å². The Kier molecular flexibility index (Phi) is 9.39. The van der Waals surface area contributed by atoms with Crippen molar-refractivity contribution in [3.63, 3.8) is 0 Å². The average Bonchev–Trinajstić information content (AvgIpc) is 2.86. The Morgan fingerprint density at radius 2 is 0.632 bits per heavy atom. The van der Waals surface area contributed by atoms with E-state index < -0.39 is 23.9 Å². The predicted molar refractivity (Wildman–Crippen MR) is 141 cm³/mol. The summed E-state index contributed by atoms with van der Waals surface area (Å²) in [6, 6.07) is 0. The maximum Gasteiger partial charge on any atom is 0.330 e. The van der Waals surface area contributed by atoms with Crippen LogP contribution in [0.4, 0.5) is 0 Å². The molecule has 0 aliphatic heterocycles. The van der Waals surface area contributed by atoms with Gasteiger partial charge >= 0.3 is 23.9 Å². The van der Waals surface area contributed by atoms with Crippen LogP contribution >= 0.6 is 0 Å². The van der Waals surface area contributed by atoms with E-state index in [0.717, 1.165) is 38.5 Å². The van der Waals surface area contributed by atoms with Crippen molar-refractivity contribution in [3.05, 3.63) is 50.6 Å². The Labute approximate surface area is 225 Å². The summed E-state index contributed by atoms with van der Waals surface area (Å²) in [5, 5.41) is 0. The van der Waals surface area contributed by atoms with Gasteiger partial charge in [0.25, 0.3) is 0 Å². The molecule has 4 aliphatic carbocycles. The summed E-state index contributed by atoms with van der Waals surface area (Å²) in [4.78, 5) is 47.1. The van der Waals surface area contributed by atoms with Gasteiger partial charge in [-0.15, -0.1) is 0 Å². The second kappa shape index (κ2) is 12.1. The Bertz CT molecular complexity index is 787. The molecule has 0 aromatic rings. The van der Waals surface area contributed by atoms with Crippen LogP contribution in [0.2, 0.25) is 0 Å². The summed E-state index contributed by atoms with van der Waals surface area (Å²) in [6.07, 6.45) is 13.0. The normalized spacial score (nSPS) is 30.5. The molecule has 0 radical (unpaired) electrons. The molecule has 0 aromatic carbocycles. The molecule has 208 valence electrons. The number of hydrogen-bond donors (Lipinski definition) is 0. The highest BCUT2D eigenvalue weighted by molar-refractivity contribution is 5.82. The van der Waals surface area contributed by atoms with Gasteiger partial charge in [-0.1, -0.05) is 26.3 Å². The Morgan fingerprint density at radius 3 is 0.789 bits per heavy atom. The van der Waals surface area contributed by atoms with Crippen LogP contribution in [0.3, 0.4) is 0 Å². The lowest BCUT2D eigenvalue weighted by Crippen LogP contribution is -2.62. The van der Waals surface area contributed by atoms with Gasteiger partial charge in [0.1, 0.15) is 0 Å². The van der Waals surface area contributed by atoms with Crippen LogP contribution in [-0.2, 0) is 38.1 Å². The highest BCUT2D eigenvalue weighted by Gasteiger charge is 2.67. The molecule has 8 heteroatoms. The molecule has 0 N–H and O–H groups in total. The van der Waals surface area contributed by atoms with Gasteiger partial charge in [-0.25, -0.2) is 19.2 Å². The smallest absolute Gasteiger partial charge is 0.330 e. The highest BCUT2D eigenvalue weighted by atomic mass is 16.5. The van der Waals surface area contributed by atoms with Gasteiger partial charge in [-0.3, -0.25) is 0 Å². The van der Waals surface area contributed by atoms with Crippen LogP contribution in [-0.4, -0.2) is 50.3 Å². The van der Waals surface area contributed by atoms with E-state index in [1.165, 1.54) is 24.3 Å². The number of hydrogen-bond acceptors (Lipinski definition) is 8. The maximum atomic E-state index is 11.8. The Hall–Kier alpha value is -3.16. The van der Waals surface area contributed by atoms with E-state index in [4.69, 9.17) is 18.9 Å². The second-order valence-corrected chi connectivity index (χ2v) is 11.5. The lowest BCUT2D eigenvalue weighted by molar-refractivity contribution is -0.220. The first-order valence-corrected chi connectivity index (χ1v) is 13.2. The quantitative estimate of drug-likeness (QED) is 0.160. The minimum Gasteiger partial charge on any atom is -0.463 e. The average molecular weight is 529 g/mol. The summed E-state index contributed by atoms with van der Waals surface area (Å²) >= 11 is 0. The lowest BCUT2D eigenvalue weighted by atomic mass is 9.33. The number of carbonyl (C=O) groups excluding carboxylic acids is 4. The third kappa shape index (κ3) is 7.03. The standard InChI is InChI=1S/C30H40O8/c1-5-23(31)35-13-9-27-17-28(10-14-36-24(32)6-2)20-29(18-27,11-15-37-25(33)7-3)22-30(19-27,21-28)12-16-38-26(34)8-4/h5-8H,1-4,9-22H2. The molecular formula is C30H40O8. The Morgan fingerprint density at radius 1 is 0.447 bits per heavy atom. The van der Waals surface area contributed by atoms with Crippen molar-refractivity contribution in [1.82, 2.24) is 0 Å². The van der Waals surface area contributed by atoms with Crippen LogP contribution in [0.15, 0.2) is 50.6 Å². The number of esters is 4. The van der Waals surface area contributed by atoms with Crippen LogP contribution in [0, 0.1) is 21.7 Å². The lowest BCUT2D eigenvalue weighted by Gasteiger charge is -2.71. The van der Waals surface area contributed by atoms with E-state index in [1.807, 2.05) is 0 Å². The van der Waals surface area contributed by atoms with E-state index in [-0.39, 0.29) is 48.1 Å². The third-order valence-corrected chi connectivity index (χ3v) is 8.67. The summed E-state index contributed by atoms with van der Waals surface area (Å²) in [5.74, 6) is -1.79. The molecule has 0 aromatic heterocycles. The molecule has 4 rings (SSSR count). The molecule has 0 spiro atoms. The summed E-state index contributed by atoms with van der Waals surface area (Å²) < 4.78 is 21.6. The monoisotopic (exact) mass is 528 g/mol. The van der Waals surface area contributed by atoms with Crippen molar-refractivity contribution in [2.45, 2.75) is 64.2 Å². The molecule has 4 saturated carbocycles. The van der Waals surface area contributed by atoms with Crippen LogP contribution < -0.4 is 0 Å². The first-order chi connectivity index (χ1) is 18.1. The van der Waals surface area contributed by atoms with Crippen LogP contribution in [0.5, 0.6) is 0 Å². The second-order valence-electron chi connectivity index (χ2n) is 11.5. The molecule has 0 atom stereocenters. The maximum absolute atomic E-state index is 11.8. The van der Waals surface area contributed by atoms with E-state index in [2.05, 4.69) is 26.3 Å². The molecule has 0 saturated heterocycles. The first-order valence-electron chi connectivity index (χ1n) is 13.2. The van der Waals surface area contributed by atoms with Crippen molar-refractivity contribution in [3.8, 4) is 0 Å². The van der Waals surface area contributed by atoms with Crippen molar-refractivity contribution in [1.29, 1.82) is 0 Å². The fraction of sp³-hybridized carbons (Fsp3) is 0.600. The molecule has 4 bridgehead atoms. The third-order valence-electron chi connectivity index (χ3n) is 8.67. The fourth-order valence-electron chi connectivity index (χ4n) is 8.29. The van der Waals surface area contributed by atoms with Gasteiger partial charge in [0.2, 0.25) is 0 Å². The van der Waals surface area contributed by atoms with Crippen molar-refractivity contribution in [2.24, 2.45) is 21.7 Å². The van der Waals surface area contributed by atoms with Gasteiger partial charge in [0.05, 0.1) is 26.4 Å². The molecular weight excluding hydrogens is 488 g/mol. The molecule has 4 aliphatic rings. The highest BCUT2D eigenvalue weighted by Crippen LogP contribution is 2.76. The van der Waals surface area contributed by atoms with E-state index >= 15 is 0 Å². The van der Waals surface area contributed by atoms with Gasteiger partial charge in [0, 0.05) is 24.3 Å². The summed E-state index contributed by atoms with van der Waals surface area (Å²) in [6.45, 7) is 15.1.